The van der Waals surface area contributed by atoms with E-state index in [1.807, 2.05) is 0 Å². The van der Waals surface area contributed by atoms with Gasteiger partial charge < -0.3 is 10.5 Å². The molecular formula is C12H20N2OS. The number of hydrogen-bond donors (Lipinski definition) is 1. The molecule has 0 saturated heterocycles. The molecule has 0 aromatic carbocycles. The summed E-state index contributed by atoms with van der Waals surface area (Å²) in [6, 6.07) is 0. The summed E-state index contributed by atoms with van der Waals surface area (Å²) in [5, 5.41) is 3.15. The summed E-state index contributed by atoms with van der Waals surface area (Å²) in [5.74, 6) is 0.815. The van der Waals surface area contributed by atoms with Crippen LogP contribution in [0.3, 0.4) is 0 Å². The van der Waals surface area contributed by atoms with Gasteiger partial charge in [0.1, 0.15) is 5.01 Å². The van der Waals surface area contributed by atoms with E-state index in [0.717, 1.165) is 29.5 Å². The molecule has 16 heavy (non-hydrogen) atoms. The molecule has 1 aliphatic carbocycles. The summed E-state index contributed by atoms with van der Waals surface area (Å²) in [6.45, 7) is 2.89. The molecule has 4 heteroatoms. The SMILES string of the molecule is COCc1csc(C2(N)CCC(C)CC2)n1. The molecule has 0 bridgehead atoms. The van der Waals surface area contributed by atoms with E-state index >= 15 is 0 Å². The molecule has 2 N–H and O–H groups in total. The summed E-state index contributed by atoms with van der Waals surface area (Å²) in [7, 11) is 1.69. The van der Waals surface area contributed by atoms with E-state index in [4.69, 9.17) is 10.5 Å². The Labute approximate surface area is 101 Å². The fourth-order valence-electron chi connectivity index (χ4n) is 2.24. The first-order valence-electron chi connectivity index (χ1n) is 5.87. The third-order valence-corrected chi connectivity index (χ3v) is 4.55. The number of methoxy groups -OCH3 is 1. The molecule has 0 unspecified atom stereocenters. The van der Waals surface area contributed by atoms with Crippen LogP contribution >= 0.6 is 11.3 Å². The standard InChI is InChI=1S/C12H20N2OS/c1-9-3-5-12(13,6-4-9)11-14-10(7-15-2)8-16-11/h8-9H,3-7,13H2,1-2H3. The van der Waals surface area contributed by atoms with Crippen LogP contribution in [-0.2, 0) is 16.9 Å². The minimum atomic E-state index is -0.177. The van der Waals surface area contributed by atoms with Gasteiger partial charge in [0.25, 0.3) is 0 Å². The van der Waals surface area contributed by atoms with Gasteiger partial charge in [0, 0.05) is 12.5 Å². The van der Waals surface area contributed by atoms with Crippen LogP contribution in [0, 0.1) is 5.92 Å². The van der Waals surface area contributed by atoms with Gasteiger partial charge in [-0.1, -0.05) is 6.92 Å². The van der Waals surface area contributed by atoms with Crippen molar-refractivity contribution in [3.8, 4) is 0 Å². The first kappa shape index (κ1) is 12.0. The van der Waals surface area contributed by atoms with Crippen LogP contribution in [0.4, 0.5) is 0 Å². The molecule has 1 aromatic rings. The Morgan fingerprint density at radius 2 is 2.25 bits per heavy atom. The van der Waals surface area contributed by atoms with E-state index in [2.05, 4.69) is 17.3 Å². The second kappa shape index (κ2) is 4.82. The third-order valence-electron chi connectivity index (χ3n) is 3.44. The van der Waals surface area contributed by atoms with Crippen molar-refractivity contribution in [3.63, 3.8) is 0 Å². The summed E-state index contributed by atoms with van der Waals surface area (Å²) in [4.78, 5) is 4.59. The highest BCUT2D eigenvalue weighted by Crippen LogP contribution is 2.38. The predicted molar refractivity (Wildman–Crippen MR) is 66.3 cm³/mol. The van der Waals surface area contributed by atoms with Gasteiger partial charge in [0.05, 0.1) is 17.8 Å². The van der Waals surface area contributed by atoms with Gasteiger partial charge >= 0.3 is 0 Å². The maximum atomic E-state index is 6.46. The van der Waals surface area contributed by atoms with E-state index < -0.39 is 0 Å². The van der Waals surface area contributed by atoms with Crippen molar-refractivity contribution in [1.82, 2.24) is 4.98 Å². The second-order valence-corrected chi connectivity index (χ2v) is 5.77. The summed E-state index contributed by atoms with van der Waals surface area (Å²) >= 11 is 1.68. The molecule has 1 saturated carbocycles. The van der Waals surface area contributed by atoms with E-state index in [0.29, 0.717) is 6.61 Å². The quantitative estimate of drug-likeness (QED) is 0.883. The van der Waals surface area contributed by atoms with Crippen molar-refractivity contribution in [2.45, 2.75) is 44.8 Å². The topological polar surface area (TPSA) is 48.1 Å². The summed E-state index contributed by atoms with van der Waals surface area (Å²) in [6.07, 6.45) is 4.56. The van der Waals surface area contributed by atoms with Gasteiger partial charge in [-0.05, 0) is 31.6 Å². The number of thiazole rings is 1. The Morgan fingerprint density at radius 1 is 1.56 bits per heavy atom. The normalized spacial score (nSPS) is 30.6. The van der Waals surface area contributed by atoms with Crippen LogP contribution in [-0.4, -0.2) is 12.1 Å². The smallest absolute Gasteiger partial charge is 0.113 e. The van der Waals surface area contributed by atoms with Crippen LogP contribution < -0.4 is 5.73 Å². The summed E-state index contributed by atoms with van der Waals surface area (Å²) < 4.78 is 5.08. The minimum absolute atomic E-state index is 0.177. The molecule has 0 amide bonds. The molecule has 0 aliphatic heterocycles. The maximum Gasteiger partial charge on any atom is 0.113 e. The lowest BCUT2D eigenvalue weighted by Gasteiger charge is -2.34. The Kier molecular flexibility index (Phi) is 3.62. The van der Waals surface area contributed by atoms with Crippen molar-refractivity contribution in [2.75, 3.05) is 7.11 Å². The van der Waals surface area contributed by atoms with E-state index in [-0.39, 0.29) is 5.54 Å². The van der Waals surface area contributed by atoms with Crippen LogP contribution in [0.5, 0.6) is 0 Å². The fourth-order valence-corrected chi connectivity index (χ4v) is 3.22. The zero-order valence-corrected chi connectivity index (χ0v) is 10.8. The lowest BCUT2D eigenvalue weighted by Crippen LogP contribution is -2.40. The van der Waals surface area contributed by atoms with Crippen LogP contribution in [0.2, 0.25) is 0 Å². The van der Waals surface area contributed by atoms with Crippen molar-refractivity contribution in [1.29, 1.82) is 0 Å². The van der Waals surface area contributed by atoms with Crippen LogP contribution in [0.1, 0.15) is 43.3 Å². The molecule has 0 radical (unpaired) electrons. The Balaban J connectivity index is 2.09. The van der Waals surface area contributed by atoms with Crippen molar-refractivity contribution in [3.05, 3.63) is 16.1 Å². The molecule has 0 spiro atoms. The number of nitrogens with zero attached hydrogens (tertiary/aromatic N) is 1. The van der Waals surface area contributed by atoms with Crippen molar-refractivity contribution >= 4 is 11.3 Å². The molecule has 90 valence electrons. The van der Waals surface area contributed by atoms with E-state index in [1.54, 1.807) is 18.4 Å². The van der Waals surface area contributed by atoms with Crippen molar-refractivity contribution in [2.24, 2.45) is 11.7 Å². The summed E-state index contributed by atoms with van der Waals surface area (Å²) in [5.41, 5.74) is 7.29. The molecule has 1 aliphatic rings. The molecule has 3 nitrogen and oxygen atoms in total. The molecule has 2 rings (SSSR count). The van der Waals surface area contributed by atoms with Gasteiger partial charge in [-0.15, -0.1) is 11.3 Å². The molecule has 1 heterocycles. The van der Waals surface area contributed by atoms with Gasteiger partial charge in [-0.3, -0.25) is 0 Å². The highest BCUT2D eigenvalue weighted by Gasteiger charge is 2.34. The molecular weight excluding hydrogens is 220 g/mol. The van der Waals surface area contributed by atoms with E-state index in [1.165, 1.54) is 12.8 Å². The highest BCUT2D eigenvalue weighted by molar-refractivity contribution is 7.09. The maximum absolute atomic E-state index is 6.46. The monoisotopic (exact) mass is 240 g/mol. The van der Waals surface area contributed by atoms with E-state index in [9.17, 15) is 0 Å². The fraction of sp³-hybridized carbons (Fsp3) is 0.750. The number of rotatable bonds is 3. The minimum Gasteiger partial charge on any atom is -0.378 e. The first-order chi connectivity index (χ1) is 7.64. The highest BCUT2D eigenvalue weighted by atomic mass is 32.1. The lowest BCUT2D eigenvalue weighted by atomic mass is 9.78. The Morgan fingerprint density at radius 3 is 2.88 bits per heavy atom. The average Bonchev–Trinajstić information content (AvgIpc) is 2.73. The number of aromatic nitrogens is 1. The Hall–Kier alpha value is -0.450. The van der Waals surface area contributed by atoms with Crippen LogP contribution in [0.25, 0.3) is 0 Å². The number of hydrogen-bond acceptors (Lipinski definition) is 4. The van der Waals surface area contributed by atoms with Gasteiger partial charge in [0.15, 0.2) is 0 Å². The molecule has 1 fully saturated rings. The third kappa shape index (κ3) is 2.44. The van der Waals surface area contributed by atoms with Gasteiger partial charge in [0.2, 0.25) is 0 Å². The first-order valence-corrected chi connectivity index (χ1v) is 6.75. The average molecular weight is 240 g/mol. The number of ether oxygens (including phenoxy) is 1. The van der Waals surface area contributed by atoms with Gasteiger partial charge in [-0.25, -0.2) is 4.98 Å². The molecule has 0 atom stereocenters. The van der Waals surface area contributed by atoms with Crippen LogP contribution in [0.15, 0.2) is 5.38 Å². The zero-order valence-electron chi connectivity index (χ0n) is 10.0. The van der Waals surface area contributed by atoms with Gasteiger partial charge in [-0.2, -0.15) is 0 Å². The number of nitrogens with two attached hydrogens (primary N) is 1. The molecule has 1 aromatic heterocycles. The second-order valence-electron chi connectivity index (χ2n) is 4.92. The van der Waals surface area contributed by atoms with Crippen molar-refractivity contribution < 1.29 is 4.74 Å². The predicted octanol–water partition coefficient (Wildman–Crippen LogP) is 2.65. The zero-order chi connectivity index (χ0) is 11.6. The lowest BCUT2D eigenvalue weighted by molar-refractivity contribution is 0.181. The Bertz CT molecular complexity index is 343. The largest absolute Gasteiger partial charge is 0.378 e.